The summed E-state index contributed by atoms with van der Waals surface area (Å²) in [6.07, 6.45) is 9.16. The molecule has 4 nitrogen and oxygen atoms in total. The molecule has 0 spiro atoms. The molecule has 1 heterocycles. The molecule has 0 amide bonds. The van der Waals surface area contributed by atoms with Crippen LogP contribution in [0.1, 0.15) is 55.9 Å². The Bertz CT molecular complexity index is 736. The molecule has 0 saturated heterocycles. The lowest BCUT2D eigenvalue weighted by molar-refractivity contribution is 0.336. The summed E-state index contributed by atoms with van der Waals surface area (Å²) in [5.41, 5.74) is 9.09. The lowest BCUT2D eigenvalue weighted by Crippen LogP contribution is -2.07. The van der Waals surface area contributed by atoms with Crippen LogP contribution in [0.3, 0.4) is 0 Å². The highest BCUT2D eigenvalue weighted by atomic mass is 32.1. The van der Waals surface area contributed by atoms with Crippen LogP contribution in [0.15, 0.2) is 12.1 Å². The molecule has 0 bridgehead atoms. The molecule has 1 fully saturated rings. The topological polar surface area (TPSA) is 57.4 Å². The number of ether oxygens (including phenoxy) is 2. The fourth-order valence-electron chi connectivity index (χ4n) is 3.89. The van der Waals surface area contributed by atoms with Crippen molar-refractivity contribution < 1.29 is 9.47 Å². The molecule has 5 heteroatoms. The van der Waals surface area contributed by atoms with Crippen molar-refractivity contribution in [3.63, 3.8) is 0 Å². The van der Waals surface area contributed by atoms with Gasteiger partial charge in [0.2, 0.25) is 0 Å². The van der Waals surface area contributed by atoms with E-state index < -0.39 is 0 Å². The minimum Gasteiger partial charge on any atom is -0.496 e. The van der Waals surface area contributed by atoms with E-state index in [4.69, 9.17) is 15.2 Å². The van der Waals surface area contributed by atoms with Gasteiger partial charge in [0.15, 0.2) is 5.13 Å². The number of aryl methyl sites for hydroxylation is 2. The van der Waals surface area contributed by atoms with Gasteiger partial charge in [-0.25, -0.2) is 4.98 Å². The molecule has 0 unspecified atom stereocenters. The number of nitrogen functional groups attached to an aromatic ring is 1. The average Bonchev–Trinajstić information content (AvgIpc) is 3.03. The molecule has 3 rings (SSSR count). The maximum absolute atomic E-state index is 6.08. The van der Waals surface area contributed by atoms with Crippen LogP contribution in [0.2, 0.25) is 0 Å². The van der Waals surface area contributed by atoms with E-state index in [1.165, 1.54) is 43.4 Å². The summed E-state index contributed by atoms with van der Waals surface area (Å²) < 4.78 is 11.4. The Balaban J connectivity index is 1.89. The monoisotopic (exact) mass is 374 g/mol. The Labute approximate surface area is 160 Å². The largest absolute Gasteiger partial charge is 0.496 e. The van der Waals surface area contributed by atoms with E-state index >= 15 is 0 Å². The molecule has 0 aliphatic heterocycles. The molecule has 0 radical (unpaired) electrons. The number of rotatable bonds is 7. The number of nitrogens with zero attached hydrogens (tertiary/aromatic N) is 1. The van der Waals surface area contributed by atoms with Crippen LogP contribution in [0.4, 0.5) is 5.13 Å². The average molecular weight is 375 g/mol. The number of thiazole rings is 1. The molecule has 1 saturated carbocycles. The number of hydrogen-bond donors (Lipinski definition) is 1. The summed E-state index contributed by atoms with van der Waals surface area (Å²) in [6.45, 7) is 4.68. The Morgan fingerprint density at radius 2 is 1.96 bits per heavy atom. The standard InChI is InChI=1S/C21H30N2O2S/c1-4-25-17-13-16(18(24-3)12-14(17)2)20-19(26-21(22)23-20)11-10-15-8-6-5-7-9-15/h12-13,15H,4-11H2,1-3H3,(H2,22,23). The van der Waals surface area contributed by atoms with Crippen molar-refractivity contribution >= 4 is 16.5 Å². The van der Waals surface area contributed by atoms with Gasteiger partial charge in [0.1, 0.15) is 11.5 Å². The van der Waals surface area contributed by atoms with Crippen molar-refractivity contribution in [2.75, 3.05) is 19.5 Å². The van der Waals surface area contributed by atoms with Crippen LogP contribution in [0.5, 0.6) is 11.5 Å². The first-order chi connectivity index (χ1) is 12.6. The molecule has 142 valence electrons. The summed E-state index contributed by atoms with van der Waals surface area (Å²) in [4.78, 5) is 5.91. The van der Waals surface area contributed by atoms with Crippen LogP contribution in [0.25, 0.3) is 11.3 Å². The van der Waals surface area contributed by atoms with Gasteiger partial charge in [-0.05, 0) is 50.3 Å². The van der Waals surface area contributed by atoms with Crippen molar-refractivity contribution in [1.82, 2.24) is 4.98 Å². The Morgan fingerprint density at radius 1 is 1.19 bits per heavy atom. The fourth-order valence-corrected chi connectivity index (χ4v) is 4.75. The predicted octanol–water partition coefficient (Wildman–Crippen LogP) is 5.62. The summed E-state index contributed by atoms with van der Waals surface area (Å²) in [7, 11) is 1.70. The molecule has 1 aromatic carbocycles. The van der Waals surface area contributed by atoms with Gasteiger partial charge in [0, 0.05) is 10.4 Å². The van der Waals surface area contributed by atoms with Crippen molar-refractivity contribution in [2.45, 2.75) is 58.8 Å². The molecular formula is C21H30N2O2S. The Hall–Kier alpha value is -1.75. The zero-order valence-corrected chi connectivity index (χ0v) is 17.0. The van der Waals surface area contributed by atoms with Gasteiger partial charge in [0.25, 0.3) is 0 Å². The van der Waals surface area contributed by atoms with Gasteiger partial charge in [-0.2, -0.15) is 0 Å². The number of anilines is 1. The number of methoxy groups -OCH3 is 1. The van der Waals surface area contributed by atoms with Crippen LogP contribution < -0.4 is 15.2 Å². The second-order valence-electron chi connectivity index (χ2n) is 7.12. The van der Waals surface area contributed by atoms with Crippen molar-refractivity contribution in [2.24, 2.45) is 5.92 Å². The third kappa shape index (κ3) is 4.32. The van der Waals surface area contributed by atoms with Gasteiger partial charge in [-0.3, -0.25) is 0 Å². The van der Waals surface area contributed by atoms with Crippen molar-refractivity contribution in [3.05, 3.63) is 22.6 Å². The van der Waals surface area contributed by atoms with Crippen molar-refractivity contribution in [1.29, 1.82) is 0 Å². The van der Waals surface area contributed by atoms with Gasteiger partial charge in [-0.15, -0.1) is 11.3 Å². The minimum atomic E-state index is 0.624. The van der Waals surface area contributed by atoms with Gasteiger partial charge in [-0.1, -0.05) is 32.1 Å². The zero-order chi connectivity index (χ0) is 18.5. The highest BCUT2D eigenvalue weighted by Crippen LogP contribution is 2.40. The van der Waals surface area contributed by atoms with Gasteiger partial charge < -0.3 is 15.2 Å². The lowest BCUT2D eigenvalue weighted by atomic mass is 9.86. The van der Waals surface area contributed by atoms with E-state index in [1.54, 1.807) is 18.4 Å². The molecule has 1 aliphatic carbocycles. The maximum atomic E-state index is 6.08. The first kappa shape index (κ1) is 19.0. The smallest absolute Gasteiger partial charge is 0.180 e. The molecular weight excluding hydrogens is 344 g/mol. The van der Waals surface area contributed by atoms with E-state index in [0.29, 0.717) is 11.7 Å². The minimum absolute atomic E-state index is 0.624. The number of hydrogen-bond acceptors (Lipinski definition) is 5. The normalized spacial score (nSPS) is 15.2. The fraction of sp³-hybridized carbons (Fsp3) is 0.571. The first-order valence-corrected chi connectivity index (χ1v) is 10.5. The van der Waals surface area contributed by atoms with Gasteiger partial charge >= 0.3 is 0 Å². The lowest BCUT2D eigenvalue weighted by Gasteiger charge is -2.21. The molecule has 2 N–H and O–H groups in total. The van der Waals surface area contributed by atoms with E-state index in [1.807, 2.05) is 19.9 Å². The highest BCUT2D eigenvalue weighted by Gasteiger charge is 2.20. The van der Waals surface area contributed by atoms with E-state index in [2.05, 4.69) is 11.1 Å². The van der Waals surface area contributed by atoms with Crippen molar-refractivity contribution in [3.8, 4) is 22.8 Å². The molecule has 0 atom stereocenters. The second kappa shape index (κ2) is 8.76. The van der Waals surface area contributed by atoms with E-state index in [-0.39, 0.29) is 0 Å². The van der Waals surface area contributed by atoms with Crippen LogP contribution in [0, 0.1) is 12.8 Å². The molecule has 1 aromatic heterocycles. The third-order valence-corrected chi connectivity index (χ3v) is 6.21. The summed E-state index contributed by atoms with van der Waals surface area (Å²) in [5.74, 6) is 2.56. The Kier molecular flexibility index (Phi) is 6.41. The maximum Gasteiger partial charge on any atom is 0.180 e. The van der Waals surface area contributed by atoms with E-state index in [0.717, 1.165) is 40.7 Å². The summed E-state index contributed by atoms with van der Waals surface area (Å²) in [6, 6.07) is 4.08. The predicted molar refractivity (Wildman–Crippen MR) is 109 cm³/mol. The Morgan fingerprint density at radius 3 is 2.65 bits per heavy atom. The van der Waals surface area contributed by atoms with Crippen LogP contribution in [-0.2, 0) is 6.42 Å². The van der Waals surface area contributed by atoms with Gasteiger partial charge in [0.05, 0.1) is 19.4 Å². The number of benzene rings is 1. The quantitative estimate of drug-likeness (QED) is 0.683. The van der Waals surface area contributed by atoms with Crippen LogP contribution >= 0.6 is 11.3 Å². The zero-order valence-electron chi connectivity index (χ0n) is 16.1. The molecule has 2 aromatic rings. The molecule has 26 heavy (non-hydrogen) atoms. The summed E-state index contributed by atoms with van der Waals surface area (Å²) in [5, 5.41) is 0.624. The number of nitrogens with two attached hydrogens (primary N) is 1. The molecule has 1 aliphatic rings. The highest BCUT2D eigenvalue weighted by molar-refractivity contribution is 7.15. The third-order valence-electron chi connectivity index (χ3n) is 5.27. The van der Waals surface area contributed by atoms with Crippen LogP contribution in [-0.4, -0.2) is 18.7 Å². The van der Waals surface area contributed by atoms with E-state index in [9.17, 15) is 0 Å². The SMILES string of the molecule is CCOc1cc(-c2nc(N)sc2CCC2CCCCC2)c(OC)cc1C. The first-order valence-electron chi connectivity index (χ1n) is 9.69. The second-order valence-corrected chi connectivity index (χ2v) is 8.23. The number of aromatic nitrogens is 1. The summed E-state index contributed by atoms with van der Waals surface area (Å²) >= 11 is 1.61.